The van der Waals surface area contributed by atoms with Crippen LogP contribution in [0, 0.1) is 17.8 Å². The minimum atomic E-state index is -0.659. The Balaban J connectivity index is 1.13. The number of hydrogen-bond acceptors (Lipinski definition) is 6. The molecule has 2 bridgehead atoms. The Labute approximate surface area is 195 Å². The number of imide groups is 1. The van der Waals surface area contributed by atoms with Gasteiger partial charge in [-0.15, -0.1) is 5.10 Å². The van der Waals surface area contributed by atoms with Crippen LogP contribution in [0.4, 0.5) is 0 Å². The molecule has 174 valence electrons. The van der Waals surface area contributed by atoms with Gasteiger partial charge >= 0.3 is 0 Å². The highest BCUT2D eigenvalue weighted by Crippen LogP contribution is 2.43. The lowest BCUT2D eigenvalue weighted by atomic mass is 9.93. The van der Waals surface area contributed by atoms with Crippen molar-refractivity contribution in [1.29, 1.82) is 0 Å². The van der Waals surface area contributed by atoms with Crippen molar-refractivity contribution in [2.75, 3.05) is 6.54 Å². The van der Waals surface area contributed by atoms with Crippen LogP contribution in [0.15, 0.2) is 36.5 Å². The van der Waals surface area contributed by atoms with Gasteiger partial charge in [0.2, 0.25) is 11.8 Å². The van der Waals surface area contributed by atoms with Gasteiger partial charge < -0.3 is 10.2 Å². The Bertz CT molecular complexity index is 1250. The molecule has 2 fully saturated rings. The number of hydrogen-bond donors (Lipinski definition) is 2. The quantitative estimate of drug-likeness (QED) is 0.506. The third kappa shape index (κ3) is 3.49. The van der Waals surface area contributed by atoms with Crippen molar-refractivity contribution in [3.05, 3.63) is 53.4 Å². The fourth-order valence-corrected chi connectivity index (χ4v) is 5.64. The number of carbonyl (C=O) groups excluding carboxylic acids is 4. The summed E-state index contributed by atoms with van der Waals surface area (Å²) in [5, 5.41) is 13.4. The molecule has 1 unspecified atom stereocenters. The van der Waals surface area contributed by atoms with Crippen molar-refractivity contribution in [3.8, 4) is 5.69 Å². The first-order chi connectivity index (χ1) is 16.5. The number of benzene rings is 1. The van der Waals surface area contributed by atoms with E-state index in [0.29, 0.717) is 42.0 Å². The van der Waals surface area contributed by atoms with Gasteiger partial charge in [0.25, 0.3) is 11.8 Å². The van der Waals surface area contributed by atoms with Crippen LogP contribution in [-0.2, 0) is 16.1 Å². The van der Waals surface area contributed by atoms with E-state index in [-0.39, 0.29) is 36.4 Å². The van der Waals surface area contributed by atoms with Crippen LogP contribution in [-0.4, -0.2) is 56.1 Å². The third-order valence-electron chi connectivity index (χ3n) is 7.44. The monoisotopic (exact) mass is 460 g/mol. The molecule has 0 radical (unpaired) electrons. The highest BCUT2D eigenvalue weighted by atomic mass is 16.2. The Hall–Kier alpha value is -3.82. The van der Waals surface area contributed by atoms with Crippen molar-refractivity contribution in [2.45, 2.75) is 38.3 Å². The summed E-state index contributed by atoms with van der Waals surface area (Å²) in [5.74, 6) is 0.469. The van der Waals surface area contributed by atoms with Crippen molar-refractivity contribution >= 4 is 23.6 Å². The molecule has 6 rings (SSSR count). The van der Waals surface area contributed by atoms with E-state index in [0.717, 1.165) is 12.0 Å². The zero-order valence-corrected chi connectivity index (χ0v) is 18.4. The van der Waals surface area contributed by atoms with Gasteiger partial charge in [-0.3, -0.25) is 24.5 Å². The third-order valence-corrected chi connectivity index (χ3v) is 7.44. The van der Waals surface area contributed by atoms with Crippen LogP contribution >= 0.6 is 0 Å². The highest BCUT2D eigenvalue weighted by molar-refractivity contribution is 6.05. The Kier molecular flexibility index (Phi) is 4.82. The van der Waals surface area contributed by atoms with Gasteiger partial charge in [-0.1, -0.05) is 17.4 Å². The zero-order valence-electron chi connectivity index (χ0n) is 18.4. The molecule has 0 spiro atoms. The number of amides is 4. The highest BCUT2D eigenvalue weighted by Gasteiger charge is 2.39. The minimum Gasteiger partial charge on any atom is -0.350 e. The minimum absolute atomic E-state index is 0.213. The topological polar surface area (TPSA) is 126 Å². The van der Waals surface area contributed by atoms with Crippen LogP contribution in [0.25, 0.3) is 5.69 Å². The summed E-state index contributed by atoms with van der Waals surface area (Å²) in [7, 11) is 0. The van der Waals surface area contributed by atoms with E-state index < -0.39 is 11.9 Å². The number of rotatable bonds is 5. The Morgan fingerprint density at radius 1 is 1.18 bits per heavy atom. The second-order valence-corrected chi connectivity index (χ2v) is 9.54. The van der Waals surface area contributed by atoms with Crippen molar-refractivity contribution in [3.63, 3.8) is 0 Å². The number of allylic oxidation sites excluding steroid dienone is 2. The molecular formula is C24H24N6O4. The lowest BCUT2D eigenvalue weighted by molar-refractivity contribution is -0.136. The summed E-state index contributed by atoms with van der Waals surface area (Å²) in [4.78, 5) is 50.6. The summed E-state index contributed by atoms with van der Waals surface area (Å²) < 4.78 is 1.51. The largest absolute Gasteiger partial charge is 0.350 e. The predicted molar refractivity (Wildman–Crippen MR) is 119 cm³/mol. The van der Waals surface area contributed by atoms with Gasteiger partial charge in [0.15, 0.2) is 5.69 Å². The lowest BCUT2D eigenvalue weighted by Gasteiger charge is -2.29. The maximum atomic E-state index is 12.9. The van der Waals surface area contributed by atoms with Gasteiger partial charge in [0, 0.05) is 25.1 Å². The SMILES string of the molecule is O=C1CCC(N2Cc3cc(-n4cc(C(=O)NC[C@@H]5C[C@H]6C=C[C@@H]5C6)nn4)ccc3C2=O)C(=O)N1. The summed E-state index contributed by atoms with van der Waals surface area (Å²) in [6.45, 7) is 0.905. The second-order valence-electron chi connectivity index (χ2n) is 9.54. The number of carbonyl (C=O) groups is 4. The number of fused-ring (bicyclic) bond motifs is 3. The maximum Gasteiger partial charge on any atom is 0.273 e. The van der Waals surface area contributed by atoms with Crippen LogP contribution in [0.1, 0.15) is 52.1 Å². The maximum absolute atomic E-state index is 12.9. The molecule has 2 aliphatic heterocycles. The molecule has 3 heterocycles. The van der Waals surface area contributed by atoms with E-state index in [2.05, 4.69) is 33.1 Å². The Morgan fingerprint density at radius 2 is 2.06 bits per heavy atom. The van der Waals surface area contributed by atoms with E-state index >= 15 is 0 Å². The average Bonchev–Trinajstić information content (AvgIpc) is 3.62. The zero-order chi connectivity index (χ0) is 23.4. The number of nitrogens with zero attached hydrogens (tertiary/aromatic N) is 4. The lowest BCUT2D eigenvalue weighted by Crippen LogP contribution is -2.52. The molecule has 10 nitrogen and oxygen atoms in total. The second kappa shape index (κ2) is 7.89. The van der Waals surface area contributed by atoms with Gasteiger partial charge in [0.1, 0.15) is 6.04 Å². The average molecular weight is 460 g/mol. The molecule has 34 heavy (non-hydrogen) atoms. The summed E-state index contributed by atoms with van der Waals surface area (Å²) in [6, 6.07) is 4.59. The molecule has 4 aliphatic rings. The standard InChI is InChI=1S/C24H24N6O4/c31-21-6-5-20(23(33)26-21)29-11-16-9-17(3-4-18(16)24(29)34)30-12-19(27-28-30)22(32)25-10-15-8-13-1-2-14(15)7-13/h1-4,9,12-15,20H,5-8,10-11H2,(H,25,32)(H,26,31,33)/t13-,14+,15-,20?/m0/s1. The molecule has 2 aromatic rings. The number of aromatic nitrogens is 3. The fourth-order valence-electron chi connectivity index (χ4n) is 5.64. The Morgan fingerprint density at radius 3 is 2.82 bits per heavy atom. The molecule has 1 saturated carbocycles. The van der Waals surface area contributed by atoms with Crippen LogP contribution in [0.5, 0.6) is 0 Å². The number of piperidine rings is 1. The molecule has 1 aromatic heterocycles. The first-order valence-electron chi connectivity index (χ1n) is 11.6. The predicted octanol–water partition coefficient (Wildman–Crippen LogP) is 0.970. The first kappa shape index (κ1) is 20.8. The van der Waals surface area contributed by atoms with Gasteiger partial charge in [-0.05, 0) is 60.8 Å². The molecule has 2 N–H and O–H groups in total. The van der Waals surface area contributed by atoms with E-state index in [9.17, 15) is 19.2 Å². The van der Waals surface area contributed by atoms with E-state index in [1.54, 1.807) is 18.3 Å². The molecule has 4 amide bonds. The van der Waals surface area contributed by atoms with E-state index in [1.807, 2.05) is 6.07 Å². The van der Waals surface area contributed by atoms with Gasteiger partial charge in [-0.2, -0.15) is 0 Å². The molecular weight excluding hydrogens is 436 g/mol. The molecule has 2 aliphatic carbocycles. The van der Waals surface area contributed by atoms with Crippen LogP contribution < -0.4 is 10.6 Å². The van der Waals surface area contributed by atoms with Crippen molar-refractivity contribution < 1.29 is 19.2 Å². The van der Waals surface area contributed by atoms with Gasteiger partial charge in [-0.25, -0.2) is 4.68 Å². The molecule has 10 heteroatoms. The molecule has 1 aromatic carbocycles. The van der Waals surface area contributed by atoms with Crippen LogP contribution in [0.2, 0.25) is 0 Å². The smallest absolute Gasteiger partial charge is 0.273 e. The van der Waals surface area contributed by atoms with E-state index in [1.165, 1.54) is 16.0 Å². The summed E-state index contributed by atoms with van der Waals surface area (Å²) >= 11 is 0. The normalized spacial score (nSPS) is 27.3. The van der Waals surface area contributed by atoms with Crippen molar-refractivity contribution in [2.24, 2.45) is 17.8 Å². The van der Waals surface area contributed by atoms with Crippen molar-refractivity contribution in [1.82, 2.24) is 30.5 Å². The number of nitrogens with one attached hydrogen (secondary N) is 2. The first-order valence-corrected chi connectivity index (χ1v) is 11.6. The van der Waals surface area contributed by atoms with Crippen LogP contribution in [0.3, 0.4) is 0 Å². The molecule has 1 saturated heterocycles. The van der Waals surface area contributed by atoms with E-state index in [4.69, 9.17) is 0 Å². The fraction of sp³-hybridized carbons (Fsp3) is 0.417. The van der Waals surface area contributed by atoms with Gasteiger partial charge in [0.05, 0.1) is 11.9 Å². The molecule has 4 atom stereocenters. The summed E-state index contributed by atoms with van der Waals surface area (Å²) in [5.41, 5.74) is 2.19. The summed E-state index contributed by atoms with van der Waals surface area (Å²) in [6.07, 6.45) is 8.97.